The van der Waals surface area contributed by atoms with Gasteiger partial charge in [-0.25, -0.2) is 0 Å². The minimum absolute atomic E-state index is 0.125. The van der Waals surface area contributed by atoms with Crippen molar-refractivity contribution in [3.8, 4) is 0 Å². The molecule has 0 spiro atoms. The summed E-state index contributed by atoms with van der Waals surface area (Å²) in [5.74, 6) is -2.74. The number of hydrogen-bond acceptors (Lipinski definition) is 8. The molecular weight excluding hydrogens is 1160 g/mol. The molecule has 0 aromatic rings. The first kappa shape index (κ1) is 43.4. The fourth-order valence-electron chi connectivity index (χ4n) is 6.79. The van der Waals surface area contributed by atoms with Gasteiger partial charge in [-0.05, 0) is 77.0 Å². The first-order valence-corrected chi connectivity index (χ1v) is 24.3. The van der Waals surface area contributed by atoms with Crippen LogP contribution in [-0.4, -0.2) is 88.9 Å². The zero-order valence-electron chi connectivity index (χ0n) is 27.0. The molecule has 4 fully saturated rings. The predicted octanol–water partition coefficient (Wildman–Crippen LogP) is 9.45. The molecular formula is C33H44Br8O8. The molecule has 12 atom stereocenters. The van der Waals surface area contributed by atoms with Gasteiger partial charge in [-0.3, -0.25) is 19.2 Å². The van der Waals surface area contributed by atoms with Crippen LogP contribution in [0.15, 0.2) is 0 Å². The van der Waals surface area contributed by atoms with Crippen molar-refractivity contribution < 1.29 is 38.1 Å². The molecule has 0 saturated heterocycles. The summed E-state index contributed by atoms with van der Waals surface area (Å²) in [6.45, 7) is -0.942. The van der Waals surface area contributed by atoms with Gasteiger partial charge in [0.2, 0.25) is 0 Å². The Labute approximate surface area is 356 Å². The van der Waals surface area contributed by atoms with E-state index in [1.165, 1.54) is 0 Å². The topological polar surface area (TPSA) is 105 Å². The van der Waals surface area contributed by atoms with Gasteiger partial charge in [0, 0.05) is 38.6 Å². The molecule has 49 heavy (non-hydrogen) atoms. The number of ether oxygens (including phenoxy) is 4. The fraction of sp³-hybridized carbons (Fsp3) is 0.879. The Balaban J connectivity index is 1.53. The fourth-order valence-corrected chi connectivity index (χ4v) is 11.6. The summed E-state index contributed by atoms with van der Waals surface area (Å²) in [4.78, 5) is 55.3. The Bertz CT molecular complexity index is 974. The van der Waals surface area contributed by atoms with Crippen LogP contribution in [0.4, 0.5) is 0 Å². The maximum absolute atomic E-state index is 13.4. The average molecular weight is 1210 g/mol. The van der Waals surface area contributed by atoms with Crippen molar-refractivity contribution in [3.63, 3.8) is 0 Å². The molecule has 4 aliphatic carbocycles. The molecule has 0 bridgehead atoms. The predicted molar refractivity (Wildman–Crippen MR) is 217 cm³/mol. The summed E-state index contributed by atoms with van der Waals surface area (Å²) in [7, 11) is 0. The summed E-state index contributed by atoms with van der Waals surface area (Å²) in [6.07, 6.45) is 8.37. The molecule has 0 aromatic carbocycles. The van der Waals surface area contributed by atoms with Crippen molar-refractivity contribution in [1.82, 2.24) is 0 Å². The van der Waals surface area contributed by atoms with Crippen LogP contribution < -0.4 is 0 Å². The Morgan fingerprint density at radius 3 is 0.755 bits per heavy atom. The van der Waals surface area contributed by atoms with Crippen LogP contribution >= 0.6 is 127 Å². The van der Waals surface area contributed by atoms with Crippen LogP contribution in [0, 0.1) is 29.1 Å². The third kappa shape index (κ3) is 12.9. The van der Waals surface area contributed by atoms with Crippen LogP contribution in [0.2, 0.25) is 0 Å². The largest absolute Gasteiger partial charge is 0.464 e. The summed E-state index contributed by atoms with van der Waals surface area (Å²) in [6, 6.07) is 0. The van der Waals surface area contributed by atoms with E-state index >= 15 is 0 Å². The Morgan fingerprint density at radius 1 is 0.367 bits per heavy atom. The molecule has 0 heterocycles. The second-order valence-corrected chi connectivity index (χ2v) is 23.5. The van der Waals surface area contributed by atoms with E-state index in [0.29, 0.717) is 51.4 Å². The molecule has 0 aromatic heterocycles. The maximum atomic E-state index is 13.4. The molecule has 4 rings (SSSR count). The molecule has 12 unspecified atom stereocenters. The van der Waals surface area contributed by atoms with Gasteiger partial charge < -0.3 is 18.9 Å². The molecule has 0 amide bonds. The van der Waals surface area contributed by atoms with Gasteiger partial charge >= 0.3 is 23.9 Å². The highest BCUT2D eigenvalue weighted by atomic mass is 79.9. The maximum Gasteiger partial charge on any atom is 0.308 e. The lowest BCUT2D eigenvalue weighted by Gasteiger charge is -2.36. The number of esters is 4. The van der Waals surface area contributed by atoms with Crippen molar-refractivity contribution in [3.05, 3.63) is 0 Å². The van der Waals surface area contributed by atoms with Crippen LogP contribution in [-0.2, 0) is 38.1 Å². The highest BCUT2D eigenvalue weighted by molar-refractivity contribution is 9.13. The van der Waals surface area contributed by atoms with Gasteiger partial charge in [-0.2, -0.15) is 0 Å². The van der Waals surface area contributed by atoms with E-state index in [2.05, 4.69) is 127 Å². The van der Waals surface area contributed by atoms with Crippen LogP contribution in [0.5, 0.6) is 0 Å². The molecule has 0 N–H and O–H groups in total. The molecule has 16 heteroatoms. The van der Waals surface area contributed by atoms with Gasteiger partial charge in [0.05, 0.1) is 23.7 Å². The second-order valence-electron chi connectivity index (χ2n) is 14.1. The minimum Gasteiger partial charge on any atom is -0.464 e. The first-order chi connectivity index (χ1) is 23.2. The smallest absolute Gasteiger partial charge is 0.308 e. The van der Waals surface area contributed by atoms with Crippen LogP contribution in [0.3, 0.4) is 0 Å². The molecule has 8 nitrogen and oxygen atoms in total. The van der Waals surface area contributed by atoms with Crippen molar-refractivity contribution >= 4 is 151 Å². The summed E-state index contributed by atoms with van der Waals surface area (Å²) < 4.78 is 23.9. The van der Waals surface area contributed by atoms with Crippen molar-refractivity contribution in [2.75, 3.05) is 26.4 Å². The van der Waals surface area contributed by atoms with Crippen molar-refractivity contribution in [2.24, 2.45) is 29.1 Å². The summed E-state index contributed by atoms with van der Waals surface area (Å²) in [5.41, 5.74) is -1.29. The van der Waals surface area contributed by atoms with Crippen molar-refractivity contribution in [2.45, 2.75) is 116 Å². The summed E-state index contributed by atoms with van der Waals surface area (Å²) >= 11 is 29.3. The quantitative estimate of drug-likeness (QED) is 0.108. The SMILES string of the molecule is O=C(OCC(COC(=O)C1CCC(Br)C(Br)C1)(COC(=O)C1CCC(Br)C(Br)C1)COC(=O)C1CCC(Br)C(Br)C1)C1CCC(Br)C(Br)C1. The zero-order chi connectivity index (χ0) is 35.9. The lowest BCUT2D eigenvalue weighted by Crippen LogP contribution is -2.46. The zero-order valence-corrected chi connectivity index (χ0v) is 39.7. The molecule has 0 radical (unpaired) electrons. The minimum atomic E-state index is -1.29. The van der Waals surface area contributed by atoms with Gasteiger partial charge in [-0.1, -0.05) is 127 Å². The first-order valence-electron chi connectivity index (χ1n) is 17.0. The summed E-state index contributed by atoms with van der Waals surface area (Å²) in [5, 5.41) is 0. The van der Waals surface area contributed by atoms with Gasteiger partial charge in [0.15, 0.2) is 0 Å². The standard InChI is InChI=1S/C33H44Br8O8/c34-21-5-1-17(9-25(21)38)29(42)46-13-33(14-47-30(43)18-2-6-22(35)26(39)10-18,15-48-31(44)19-3-7-23(36)27(40)11-19)16-49-32(45)20-4-8-24(37)28(41)12-20/h17-28H,1-16H2. The number of carbonyl (C=O) groups is 4. The number of halogens is 8. The van der Waals surface area contributed by atoms with Gasteiger partial charge in [0.1, 0.15) is 31.8 Å². The highest BCUT2D eigenvalue weighted by Crippen LogP contribution is 2.39. The lowest BCUT2D eigenvalue weighted by molar-refractivity contribution is -0.177. The van der Waals surface area contributed by atoms with Gasteiger partial charge in [0.25, 0.3) is 0 Å². The molecule has 4 saturated carbocycles. The number of hydrogen-bond donors (Lipinski definition) is 0. The van der Waals surface area contributed by atoms with Crippen LogP contribution in [0.1, 0.15) is 77.0 Å². The number of alkyl halides is 8. The third-order valence-electron chi connectivity index (χ3n) is 10.2. The van der Waals surface area contributed by atoms with E-state index in [0.717, 1.165) is 25.7 Å². The Morgan fingerprint density at radius 2 is 0.571 bits per heavy atom. The highest BCUT2D eigenvalue weighted by Gasteiger charge is 2.43. The molecule has 280 valence electrons. The monoisotopic (exact) mass is 1200 g/mol. The van der Waals surface area contributed by atoms with Gasteiger partial charge in [-0.15, -0.1) is 0 Å². The van der Waals surface area contributed by atoms with E-state index in [1.807, 2.05) is 0 Å². The average Bonchev–Trinajstić information content (AvgIpc) is 3.08. The van der Waals surface area contributed by atoms with E-state index in [4.69, 9.17) is 18.9 Å². The Kier molecular flexibility index (Phi) is 18.3. The number of carbonyl (C=O) groups excluding carboxylic acids is 4. The van der Waals surface area contributed by atoms with E-state index in [-0.39, 0.29) is 113 Å². The van der Waals surface area contributed by atoms with E-state index in [9.17, 15) is 19.2 Å². The Hall–Kier alpha value is 1.72. The van der Waals surface area contributed by atoms with E-state index < -0.39 is 5.41 Å². The second kappa shape index (κ2) is 20.6. The van der Waals surface area contributed by atoms with Crippen molar-refractivity contribution in [1.29, 1.82) is 0 Å². The third-order valence-corrected chi connectivity index (χ3v) is 21.5. The van der Waals surface area contributed by atoms with Crippen LogP contribution in [0.25, 0.3) is 0 Å². The normalized spacial score (nSPS) is 38.0. The molecule has 4 aliphatic rings. The lowest BCUT2D eigenvalue weighted by atomic mass is 9.87. The van der Waals surface area contributed by atoms with E-state index in [1.54, 1.807) is 0 Å². The number of rotatable bonds is 12. The molecule has 0 aliphatic heterocycles.